The summed E-state index contributed by atoms with van der Waals surface area (Å²) in [5, 5.41) is 5.87. The molecule has 4 amide bonds. The first-order valence-electron chi connectivity index (χ1n) is 11.0. The van der Waals surface area contributed by atoms with E-state index < -0.39 is 17.6 Å². The highest BCUT2D eigenvalue weighted by Crippen LogP contribution is 2.36. The van der Waals surface area contributed by atoms with E-state index in [2.05, 4.69) is 17.6 Å². The molecule has 2 aliphatic rings. The number of hydrogen-bond acceptors (Lipinski definition) is 4. The zero-order valence-corrected chi connectivity index (χ0v) is 18.5. The highest BCUT2D eigenvalue weighted by atomic mass is 16.5. The fourth-order valence-corrected chi connectivity index (χ4v) is 4.56. The van der Waals surface area contributed by atoms with Gasteiger partial charge in [-0.15, -0.1) is 0 Å². The van der Waals surface area contributed by atoms with Crippen molar-refractivity contribution in [1.82, 2.24) is 15.5 Å². The molecule has 2 aromatic rings. The van der Waals surface area contributed by atoms with E-state index in [4.69, 9.17) is 4.74 Å². The monoisotopic (exact) mass is 435 g/mol. The molecule has 1 unspecified atom stereocenters. The second-order valence-electron chi connectivity index (χ2n) is 8.77. The van der Waals surface area contributed by atoms with Gasteiger partial charge in [0.25, 0.3) is 5.91 Å². The lowest BCUT2D eigenvalue weighted by Gasteiger charge is -2.33. The molecule has 168 valence electrons. The molecule has 1 heterocycles. The molecule has 0 aromatic heterocycles. The Bertz CT molecular complexity index is 982. The maximum atomic E-state index is 13.1. The fourth-order valence-electron chi connectivity index (χ4n) is 4.56. The average Bonchev–Trinajstić information content (AvgIpc) is 3.04. The van der Waals surface area contributed by atoms with Crippen LogP contribution >= 0.6 is 0 Å². The Morgan fingerprint density at radius 2 is 1.72 bits per heavy atom. The summed E-state index contributed by atoms with van der Waals surface area (Å²) in [6.45, 7) is 1.85. The zero-order valence-electron chi connectivity index (χ0n) is 18.5. The molecule has 0 bridgehead atoms. The van der Waals surface area contributed by atoms with Crippen LogP contribution in [0.1, 0.15) is 49.8 Å². The van der Waals surface area contributed by atoms with Crippen molar-refractivity contribution in [3.63, 3.8) is 0 Å². The van der Waals surface area contributed by atoms with Crippen LogP contribution in [0, 0.1) is 5.92 Å². The van der Waals surface area contributed by atoms with Gasteiger partial charge in [-0.3, -0.25) is 14.5 Å². The normalized spacial score (nSPS) is 23.7. The molecule has 4 rings (SSSR count). The van der Waals surface area contributed by atoms with Crippen molar-refractivity contribution in [3.8, 4) is 5.75 Å². The van der Waals surface area contributed by atoms with Gasteiger partial charge in [-0.1, -0.05) is 49.4 Å². The lowest BCUT2D eigenvalue weighted by molar-refractivity contribution is -0.136. The second kappa shape index (κ2) is 9.02. The van der Waals surface area contributed by atoms with Gasteiger partial charge < -0.3 is 15.4 Å². The number of rotatable bonds is 6. The molecule has 1 saturated carbocycles. The Morgan fingerprint density at radius 3 is 2.34 bits per heavy atom. The minimum atomic E-state index is -0.849. The Kier molecular flexibility index (Phi) is 6.17. The number of ether oxygens (including phenoxy) is 1. The largest absolute Gasteiger partial charge is 0.497 e. The van der Waals surface area contributed by atoms with E-state index >= 15 is 0 Å². The summed E-state index contributed by atoms with van der Waals surface area (Å²) in [6.07, 6.45) is 3.02. The molecule has 32 heavy (non-hydrogen) atoms. The summed E-state index contributed by atoms with van der Waals surface area (Å²) in [5.74, 6) is 0.585. The molecule has 1 saturated heterocycles. The molecule has 1 aliphatic carbocycles. The first kappa shape index (κ1) is 21.9. The Labute approximate surface area is 188 Å². The van der Waals surface area contributed by atoms with Crippen LogP contribution in [0.25, 0.3) is 0 Å². The first-order chi connectivity index (χ1) is 15.4. The first-order valence-corrected chi connectivity index (χ1v) is 11.0. The predicted molar refractivity (Wildman–Crippen MR) is 120 cm³/mol. The second-order valence-corrected chi connectivity index (χ2v) is 8.77. The van der Waals surface area contributed by atoms with Gasteiger partial charge in [-0.2, -0.15) is 0 Å². The molecule has 1 aliphatic heterocycles. The Balaban J connectivity index is 1.50. The van der Waals surface area contributed by atoms with Crippen LogP contribution in [0.3, 0.4) is 0 Å². The summed E-state index contributed by atoms with van der Waals surface area (Å²) in [4.78, 5) is 39.7. The molecule has 1 spiro atoms. The zero-order chi connectivity index (χ0) is 22.7. The highest BCUT2D eigenvalue weighted by molar-refractivity contribution is 6.09. The summed E-state index contributed by atoms with van der Waals surface area (Å²) < 4.78 is 5.23. The van der Waals surface area contributed by atoms with Crippen molar-refractivity contribution >= 4 is 17.8 Å². The third-order valence-electron chi connectivity index (χ3n) is 6.56. The van der Waals surface area contributed by atoms with Gasteiger partial charge >= 0.3 is 6.03 Å². The molecule has 2 aromatic carbocycles. The molecule has 2 N–H and O–H groups in total. The van der Waals surface area contributed by atoms with Gasteiger partial charge in [-0.25, -0.2) is 4.79 Å². The van der Waals surface area contributed by atoms with Gasteiger partial charge in [0.1, 0.15) is 17.8 Å². The Hall–Kier alpha value is -3.35. The summed E-state index contributed by atoms with van der Waals surface area (Å²) in [6, 6.07) is 16.1. The summed E-state index contributed by atoms with van der Waals surface area (Å²) in [7, 11) is 1.60. The maximum absolute atomic E-state index is 13.1. The molecule has 2 fully saturated rings. The molecule has 7 heteroatoms. The Morgan fingerprint density at radius 1 is 1.09 bits per heavy atom. The van der Waals surface area contributed by atoms with Crippen molar-refractivity contribution in [2.75, 3.05) is 13.7 Å². The number of nitrogens with zero attached hydrogens (tertiary/aromatic N) is 1. The van der Waals surface area contributed by atoms with E-state index in [0.717, 1.165) is 34.6 Å². The van der Waals surface area contributed by atoms with Gasteiger partial charge in [0.2, 0.25) is 5.91 Å². The van der Waals surface area contributed by atoms with Crippen molar-refractivity contribution < 1.29 is 19.1 Å². The SMILES string of the molecule is COc1ccc(C(NC(=O)CN2C(=O)NC3(CCC(C)CC3)C2=O)c2ccccc2)cc1. The van der Waals surface area contributed by atoms with Crippen molar-refractivity contribution in [3.05, 3.63) is 65.7 Å². The van der Waals surface area contributed by atoms with E-state index in [9.17, 15) is 14.4 Å². The van der Waals surface area contributed by atoms with Crippen LogP contribution < -0.4 is 15.4 Å². The van der Waals surface area contributed by atoms with E-state index in [0.29, 0.717) is 18.8 Å². The van der Waals surface area contributed by atoms with Gasteiger partial charge in [-0.05, 0) is 54.9 Å². The number of urea groups is 1. The van der Waals surface area contributed by atoms with Crippen LogP contribution in [0.2, 0.25) is 0 Å². The lowest BCUT2D eigenvalue weighted by Crippen LogP contribution is -2.50. The fraction of sp³-hybridized carbons (Fsp3) is 0.400. The van der Waals surface area contributed by atoms with E-state index in [-0.39, 0.29) is 18.4 Å². The van der Waals surface area contributed by atoms with Gasteiger partial charge in [0, 0.05) is 0 Å². The number of benzene rings is 2. The number of hydrogen-bond donors (Lipinski definition) is 2. The number of carbonyl (C=O) groups excluding carboxylic acids is 3. The number of nitrogens with one attached hydrogen (secondary N) is 2. The topological polar surface area (TPSA) is 87.7 Å². The van der Waals surface area contributed by atoms with Crippen LogP contribution in [0.4, 0.5) is 4.79 Å². The number of imide groups is 1. The maximum Gasteiger partial charge on any atom is 0.325 e. The van der Waals surface area contributed by atoms with Crippen LogP contribution in [0.5, 0.6) is 5.75 Å². The third-order valence-corrected chi connectivity index (χ3v) is 6.56. The van der Waals surface area contributed by atoms with Crippen LogP contribution in [0.15, 0.2) is 54.6 Å². The average molecular weight is 436 g/mol. The summed E-state index contributed by atoms with van der Waals surface area (Å²) in [5.41, 5.74) is 0.930. The number of carbonyl (C=O) groups is 3. The van der Waals surface area contributed by atoms with Crippen LogP contribution in [-0.4, -0.2) is 41.9 Å². The third kappa shape index (κ3) is 4.33. The van der Waals surface area contributed by atoms with E-state index in [1.54, 1.807) is 7.11 Å². The quantitative estimate of drug-likeness (QED) is 0.681. The standard InChI is InChI=1S/C25H29N3O4/c1-17-12-14-25(15-13-17)23(30)28(24(31)27-25)16-21(29)26-22(18-6-4-3-5-7-18)19-8-10-20(32-2)11-9-19/h3-11,17,22H,12-16H2,1-2H3,(H,26,29)(H,27,31). The molecular weight excluding hydrogens is 406 g/mol. The lowest BCUT2D eigenvalue weighted by atomic mass is 9.77. The number of methoxy groups -OCH3 is 1. The molecular formula is C25H29N3O4. The predicted octanol–water partition coefficient (Wildman–Crippen LogP) is 3.40. The van der Waals surface area contributed by atoms with E-state index in [1.165, 1.54) is 0 Å². The van der Waals surface area contributed by atoms with Gasteiger partial charge in [0.15, 0.2) is 0 Å². The van der Waals surface area contributed by atoms with Crippen molar-refractivity contribution in [2.45, 2.75) is 44.2 Å². The summed E-state index contributed by atoms with van der Waals surface area (Å²) >= 11 is 0. The minimum Gasteiger partial charge on any atom is -0.497 e. The minimum absolute atomic E-state index is 0.287. The van der Waals surface area contributed by atoms with Crippen LogP contribution in [-0.2, 0) is 9.59 Å². The molecule has 1 atom stereocenters. The van der Waals surface area contributed by atoms with Crippen molar-refractivity contribution in [2.24, 2.45) is 5.92 Å². The van der Waals surface area contributed by atoms with Crippen molar-refractivity contribution in [1.29, 1.82) is 0 Å². The van der Waals surface area contributed by atoms with Gasteiger partial charge in [0.05, 0.1) is 13.2 Å². The highest BCUT2D eigenvalue weighted by Gasteiger charge is 2.52. The van der Waals surface area contributed by atoms with E-state index in [1.807, 2.05) is 54.6 Å². The smallest absolute Gasteiger partial charge is 0.325 e. The molecule has 0 radical (unpaired) electrons. The number of amides is 4. The molecule has 7 nitrogen and oxygen atoms in total.